The molecule has 0 aromatic carbocycles. The third-order valence-electron chi connectivity index (χ3n) is 13.2. The lowest BCUT2D eigenvalue weighted by Crippen LogP contribution is -2.61. The summed E-state index contributed by atoms with van der Waals surface area (Å²) >= 11 is 0. The van der Waals surface area contributed by atoms with Crippen molar-refractivity contribution in [2.24, 2.45) is 45.3 Å². The molecule has 10 atom stereocenters. The van der Waals surface area contributed by atoms with Gasteiger partial charge in [-0.15, -0.1) is 0 Å². The monoisotopic (exact) mass is 464 g/mol. The van der Waals surface area contributed by atoms with Crippen molar-refractivity contribution in [3.63, 3.8) is 0 Å². The Kier molecular flexibility index (Phi) is 4.63. The lowest BCUT2D eigenvalue weighted by molar-refractivity contribution is -0.155. The number of ether oxygens (including phenoxy) is 1. The van der Waals surface area contributed by atoms with E-state index in [1.54, 1.807) is 0 Å². The molecule has 1 N–H and O–H groups in total. The maximum Gasteiger partial charge on any atom is 0.155 e. The highest BCUT2D eigenvalue weighted by molar-refractivity contribution is 5.91. The number of carbonyl (C=O) groups is 1. The smallest absolute Gasteiger partial charge is 0.155 e. The summed E-state index contributed by atoms with van der Waals surface area (Å²) in [4.78, 5) is 12.3. The second kappa shape index (κ2) is 6.77. The van der Waals surface area contributed by atoms with Crippen LogP contribution in [0.4, 0.5) is 0 Å². The van der Waals surface area contributed by atoms with Crippen molar-refractivity contribution in [2.45, 2.75) is 111 Å². The zero-order chi connectivity index (χ0) is 24.4. The minimum atomic E-state index is -0.473. The van der Waals surface area contributed by atoms with Crippen LogP contribution in [0.2, 0.25) is 0 Å². The highest BCUT2D eigenvalue weighted by Gasteiger charge is 2.81. The summed E-state index contributed by atoms with van der Waals surface area (Å²) < 4.78 is 7.18. The van der Waals surface area contributed by atoms with Gasteiger partial charge < -0.3 is 4.74 Å². The van der Waals surface area contributed by atoms with E-state index in [0.717, 1.165) is 51.5 Å². The Labute approximate surface area is 206 Å². The second-order valence-corrected chi connectivity index (χ2v) is 14.1. The minimum absolute atomic E-state index is 0.0452. The van der Waals surface area contributed by atoms with E-state index in [1.165, 1.54) is 12.0 Å². The van der Waals surface area contributed by atoms with Crippen molar-refractivity contribution in [2.75, 3.05) is 6.54 Å². The summed E-state index contributed by atoms with van der Waals surface area (Å²) in [5, 5.41) is 14.9. The van der Waals surface area contributed by atoms with Crippen LogP contribution < -0.4 is 5.32 Å². The summed E-state index contributed by atoms with van der Waals surface area (Å²) in [7, 11) is 0. The van der Waals surface area contributed by atoms with E-state index in [9.17, 15) is 10.1 Å². The lowest BCUT2D eigenvalue weighted by atomic mass is 9.38. The zero-order valence-electron chi connectivity index (χ0n) is 22.2. The van der Waals surface area contributed by atoms with Gasteiger partial charge in [-0.25, -0.2) is 0 Å². The van der Waals surface area contributed by atoms with Crippen LogP contribution >= 0.6 is 0 Å². The Morgan fingerprint density at radius 2 is 1.74 bits per heavy atom. The van der Waals surface area contributed by atoms with Crippen LogP contribution in [0.25, 0.3) is 0 Å². The number of nitrogens with zero attached hydrogens (tertiary/aromatic N) is 1. The van der Waals surface area contributed by atoms with Gasteiger partial charge >= 0.3 is 0 Å². The maximum atomic E-state index is 12.3. The number of nitriles is 1. The van der Waals surface area contributed by atoms with Crippen molar-refractivity contribution < 1.29 is 9.53 Å². The standard InChI is InChI=1S/C30H44N2O2/c1-19-9-12-30(32-17-19)20(2)29(18-31)27(5)14-13-26(4)23(24(27)16-28(29,6)34-30)8-7-21-15-22(33)10-11-25(21,26)3/h15,19-20,23-24,32H,7-14,16-17H2,1-6H3/t19-,20+,23+,24+,25+,26+,27+,28?,29-,30?/m1/s1. The Bertz CT molecular complexity index is 1000. The molecule has 0 aromatic heterocycles. The summed E-state index contributed by atoms with van der Waals surface area (Å²) in [5.74, 6) is 2.24. The van der Waals surface area contributed by atoms with Crippen molar-refractivity contribution in [1.82, 2.24) is 5.32 Å². The molecule has 2 unspecified atom stereocenters. The van der Waals surface area contributed by atoms with Crippen molar-refractivity contribution in [3.05, 3.63) is 11.6 Å². The van der Waals surface area contributed by atoms with Gasteiger partial charge in [0.25, 0.3) is 0 Å². The molecule has 6 rings (SSSR count). The average Bonchev–Trinajstić information content (AvgIpc) is 3.11. The van der Waals surface area contributed by atoms with Gasteiger partial charge in [0.2, 0.25) is 0 Å². The molecular formula is C30H44N2O2. The number of piperidine rings is 1. The first-order valence-corrected chi connectivity index (χ1v) is 14.0. The lowest BCUT2D eigenvalue weighted by Gasteiger charge is -2.65. The molecule has 0 amide bonds. The van der Waals surface area contributed by atoms with Crippen LogP contribution in [-0.4, -0.2) is 23.7 Å². The maximum absolute atomic E-state index is 12.3. The molecule has 4 aliphatic carbocycles. The number of carbonyl (C=O) groups excluding carboxylic acids is 1. The third kappa shape index (κ3) is 2.36. The van der Waals surface area contributed by atoms with Gasteiger partial charge in [-0.05, 0) is 98.4 Å². The van der Waals surface area contributed by atoms with Gasteiger partial charge in [0.1, 0.15) is 5.72 Å². The van der Waals surface area contributed by atoms with Crippen LogP contribution in [0.3, 0.4) is 0 Å². The quantitative estimate of drug-likeness (QED) is 0.466. The van der Waals surface area contributed by atoms with Crippen molar-refractivity contribution >= 4 is 5.78 Å². The van der Waals surface area contributed by atoms with E-state index in [1.807, 2.05) is 6.08 Å². The SMILES string of the molecule is C[C@@H]1CCC2(NC1)OC1(C)C[C@H]3[C@@H]4CCC5=CC(=O)CC[C@]5(C)[C@@]4(C)CC[C@]3(C)[C@@]1(C#N)[C@@H]2C. The number of hydrogen-bond donors (Lipinski definition) is 1. The van der Waals surface area contributed by atoms with E-state index >= 15 is 0 Å². The fraction of sp³-hybridized carbons (Fsp3) is 0.867. The number of allylic oxidation sites excluding steroid dienone is 1. The van der Waals surface area contributed by atoms with Gasteiger partial charge in [0.05, 0.1) is 17.1 Å². The number of nitrogens with one attached hydrogen (secondary N) is 1. The molecule has 0 radical (unpaired) electrons. The molecule has 0 aromatic rings. The predicted molar refractivity (Wildman–Crippen MR) is 133 cm³/mol. The van der Waals surface area contributed by atoms with Crippen LogP contribution in [0.5, 0.6) is 0 Å². The molecule has 2 saturated heterocycles. The van der Waals surface area contributed by atoms with Gasteiger partial charge in [0, 0.05) is 18.9 Å². The number of ketones is 1. The molecule has 2 aliphatic heterocycles. The average molecular weight is 465 g/mol. The van der Waals surface area contributed by atoms with Crippen LogP contribution in [0.1, 0.15) is 99.3 Å². The molecule has 4 nitrogen and oxygen atoms in total. The first-order valence-electron chi connectivity index (χ1n) is 14.0. The summed E-state index contributed by atoms with van der Waals surface area (Å²) in [6, 6.07) is 3.01. The van der Waals surface area contributed by atoms with Crippen molar-refractivity contribution in [3.8, 4) is 6.07 Å². The molecular weight excluding hydrogens is 420 g/mol. The summed E-state index contributed by atoms with van der Waals surface area (Å²) in [6.07, 6.45) is 11.3. The van der Waals surface area contributed by atoms with Gasteiger partial charge in [-0.1, -0.05) is 40.2 Å². The summed E-state index contributed by atoms with van der Waals surface area (Å²) in [5.41, 5.74) is 0.415. The molecule has 5 fully saturated rings. The normalized spacial score (nSPS) is 58.4. The molecule has 1 spiro atoms. The van der Waals surface area contributed by atoms with Crippen LogP contribution in [-0.2, 0) is 9.53 Å². The third-order valence-corrected chi connectivity index (χ3v) is 13.2. The molecule has 0 bridgehead atoms. The van der Waals surface area contributed by atoms with Crippen molar-refractivity contribution in [1.29, 1.82) is 5.26 Å². The molecule has 2 heterocycles. The molecule has 186 valence electrons. The first kappa shape index (κ1) is 23.2. The fourth-order valence-corrected chi connectivity index (χ4v) is 11.0. The number of hydrogen-bond acceptors (Lipinski definition) is 4. The van der Waals surface area contributed by atoms with E-state index < -0.39 is 11.0 Å². The predicted octanol–water partition coefficient (Wildman–Crippen LogP) is 6.17. The number of fused-ring (bicyclic) bond motifs is 7. The Morgan fingerprint density at radius 1 is 1.00 bits per heavy atom. The van der Waals surface area contributed by atoms with E-state index in [4.69, 9.17) is 4.74 Å². The first-order chi connectivity index (χ1) is 15.9. The second-order valence-electron chi connectivity index (χ2n) is 14.1. The Morgan fingerprint density at radius 3 is 2.41 bits per heavy atom. The topological polar surface area (TPSA) is 62.1 Å². The highest BCUT2D eigenvalue weighted by atomic mass is 16.5. The van der Waals surface area contributed by atoms with E-state index in [0.29, 0.717) is 30.0 Å². The van der Waals surface area contributed by atoms with Crippen LogP contribution in [0.15, 0.2) is 11.6 Å². The molecule has 3 saturated carbocycles. The Balaban J connectivity index is 1.42. The van der Waals surface area contributed by atoms with Gasteiger partial charge in [0.15, 0.2) is 5.78 Å². The number of rotatable bonds is 0. The molecule has 6 aliphatic rings. The molecule has 34 heavy (non-hydrogen) atoms. The van der Waals surface area contributed by atoms with Gasteiger partial charge in [-0.2, -0.15) is 5.26 Å². The largest absolute Gasteiger partial charge is 0.352 e. The van der Waals surface area contributed by atoms with E-state index in [2.05, 4.69) is 52.9 Å². The van der Waals surface area contributed by atoms with Gasteiger partial charge in [-0.3, -0.25) is 10.1 Å². The van der Waals surface area contributed by atoms with Crippen LogP contribution in [0, 0.1) is 56.7 Å². The Hall–Kier alpha value is -1.18. The highest BCUT2D eigenvalue weighted by Crippen LogP contribution is 2.80. The summed E-state index contributed by atoms with van der Waals surface area (Å²) in [6.45, 7) is 15.4. The van der Waals surface area contributed by atoms with E-state index in [-0.39, 0.29) is 27.9 Å². The fourth-order valence-electron chi connectivity index (χ4n) is 11.0. The molecule has 4 heteroatoms. The minimum Gasteiger partial charge on any atom is -0.352 e. The zero-order valence-corrected chi connectivity index (χ0v) is 22.2.